The van der Waals surface area contributed by atoms with Crippen molar-refractivity contribution in [3.63, 3.8) is 0 Å². The fourth-order valence-electron chi connectivity index (χ4n) is 1.97. The zero-order valence-corrected chi connectivity index (χ0v) is 12.7. The van der Waals surface area contributed by atoms with E-state index in [0.717, 1.165) is 0 Å². The molecule has 0 atom stereocenters. The lowest BCUT2D eigenvalue weighted by atomic mass is 10.1. The van der Waals surface area contributed by atoms with Gasteiger partial charge < -0.3 is 10.7 Å². The van der Waals surface area contributed by atoms with Crippen LogP contribution in [0.4, 0.5) is 15.8 Å². The van der Waals surface area contributed by atoms with E-state index in [1.807, 2.05) is 0 Å². The van der Waals surface area contributed by atoms with Crippen molar-refractivity contribution in [2.75, 3.05) is 10.7 Å². The molecule has 9 heteroatoms. The second-order valence-electron chi connectivity index (χ2n) is 4.72. The van der Waals surface area contributed by atoms with E-state index in [0.29, 0.717) is 0 Å². The van der Waals surface area contributed by atoms with Crippen LogP contribution in [-0.2, 0) is 21.2 Å². The molecule has 0 bridgehead atoms. The number of sulfonamides is 1. The van der Waals surface area contributed by atoms with Crippen LogP contribution in [-0.4, -0.2) is 14.3 Å². The molecule has 6 N–H and O–H groups in total. The molecule has 0 saturated heterocycles. The molecule has 0 unspecified atom stereocenters. The quantitative estimate of drug-likeness (QED) is 0.476. The molecule has 0 saturated carbocycles. The monoisotopic (exact) mass is 338 g/mol. The zero-order chi connectivity index (χ0) is 17.0. The summed E-state index contributed by atoms with van der Waals surface area (Å²) in [5.41, 5.74) is 2.74. The summed E-state index contributed by atoms with van der Waals surface area (Å²) >= 11 is 0. The van der Waals surface area contributed by atoms with Crippen molar-refractivity contribution in [1.82, 2.24) is 0 Å². The number of nitrogen functional groups attached to an aromatic ring is 1. The molecule has 23 heavy (non-hydrogen) atoms. The molecule has 2 aromatic rings. The molecule has 0 spiro atoms. The van der Waals surface area contributed by atoms with Crippen molar-refractivity contribution in [2.24, 2.45) is 11.0 Å². The second-order valence-corrected chi connectivity index (χ2v) is 6.25. The number of halogens is 1. The zero-order valence-electron chi connectivity index (χ0n) is 11.9. The maximum absolute atomic E-state index is 13.5. The molecule has 0 radical (unpaired) electrons. The van der Waals surface area contributed by atoms with Gasteiger partial charge in [-0.05, 0) is 29.8 Å². The van der Waals surface area contributed by atoms with E-state index in [1.165, 1.54) is 36.4 Å². The maximum atomic E-state index is 13.5. The van der Waals surface area contributed by atoms with Crippen LogP contribution < -0.4 is 21.7 Å². The number of amides is 1. The summed E-state index contributed by atoms with van der Waals surface area (Å²) < 4.78 is 36.5. The van der Waals surface area contributed by atoms with Gasteiger partial charge in [0.05, 0.1) is 12.1 Å². The SMILES string of the molecule is NNc1ccc(NC(=O)Cc2ccccc2F)cc1S(N)(=O)=O. The van der Waals surface area contributed by atoms with Gasteiger partial charge in [0.15, 0.2) is 0 Å². The number of benzene rings is 2. The van der Waals surface area contributed by atoms with Gasteiger partial charge in [0.2, 0.25) is 15.9 Å². The first kappa shape index (κ1) is 16.9. The van der Waals surface area contributed by atoms with Crippen LogP contribution in [0.15, 0.2) is 47.4 Å². The summed E-state index contributed by atoms with van der Waals surface area (Å²) in [6.07, 6.45) is -0.186. The molecule has 0 fully saturated rings. The van der Waals surface area contributed by atoms with E-state index in [-0.39, 0.29) is 28.3 Å². The lowest BCUT2D eigenvalue weighted by Gasteiger charge is -2.11. The van der Waals surface area contributed by atoms with Crippen molar-refractivity contribution < 1.29 is 17.6 Å². The highest BCUT2D eigenvalue weighted by molar-refractivity contribution is 7.89. The highest BCUT2D eigenvalue weighted by Gasteiger charge is 2.15. The van der Waals surface area contributed by atoms with Gasteiger partial charge in [0.1, 0.15) is 10.7 Å². The Balaban J connectivity index is 2.20. The number of nitrogens with two attached hydrogens (primary N) is 2. The van der Waals surface area contributed by atoms with Crippen molar-refractivity contribution in [3.05, 3.63) is 53.8 Å². The second kappa shape index (κ2) is 6.73. The molecule has 0 aliphatic heterocycles. The molecule has 122 valence electrons. The molecule has 0 heterocycles. The van der Waals surface area contributed by atoms with Gasteiger partial charge in [-0.15, -0.1) is 0 Å². The van der Waals surface area contributed by atoms with Crippen molar-refractivity contribution in [3.8, 4) is 0 Å². The summed E-state index contributed by atoms with van der Waals surface area (Å²) in [4.78, 5) is 11.7. The number of carbonyl (C=O) groups is 1. The number of hydrogen-bond acceptors (Lipinski definition) is 5. The fraction of sp³-hybridized carbons (Fsp3) is 0.0714. The Kier molecular flexibility index (Phi) is 4.94. The normalized spacial score (nSPS) is 11.1. The predicted octanol–water partition coefficient (Wildman–Crippen LogP) is 0.940. The van der Waals surface area contributed by atoms with Gasteiger partial charge in [0, 0.05) is 5.69 Å². The van der Waals surface area contributed by atoms with Gasteiger partial charge in [-0.3, -0.25) is 10.6 Å². The predicted molar refractivity (Wildman–Crippen MR) is 84.4 cm³/mol. The van der Waals surface area contributed by atoms with Crippen molar-refractivity contribution in [2.45, 2.75) is 11.3 Å². The Labute approximate surface area is 132 Å². The Hall–Kier alpha value is -2.49. The Bertz CT molecular complexity index is 840. The first-order chi connectivity index (χ1) is 10.8. The summed E-state index contributed by atoms with van der Waals surface area (Å²) in [7, 11) is -4.02. The Morgan fingerprint density at radius 2 is 1.87 bits per heavy atom. The van der Waals surface area contributed by atoms with Crippen LogP contribution in [0.2, 0.25) is 0 Å². The minimum atomic E-state index is -4.02. The van der Waals surface area contributed by atoms with Crippen LogP contribution in [0.25, 0.3) is 0 Å². The number of primary sulfonamides is 1. The van der Waals surface area contributed by atoms with Crippen molar-refractivity contribution >= 4 is 27.3 Å². The van der Waals surface area contributed by atoms with Crippen LogP contribution >= 0.6 is 0 Å². The summed E-state index contributed by atoms with van der Waals surface area (Å²) in [5, 5.41) is 7.58. The molecule has 0 aromatic heterocycles. The third kappa shape index (κ3) is 4.25. The van der Waals surface area contributed by atoms with Crippen molar-refractivity contribution in [1.29, 1.82) is 0 Å². The molecular formula is C14H15FN4O3S. The van der Waals surface area contributed by atoms with Crippen LogP contribution in [0.3, 0.4) is 0 Å². The average Bonchev–Trinajstić information content (AvgIpc) is 2.48. The molecule has 0 aliphatic rings. The van der Waals surface area contributed by atoms with E-state index in [1.54, 1.807) is 6.07 Å². The van der Waals surface area contributed by atoms with Gasteiger partial charge >= 0.3 is 0 Å². The van der Waals surface area contributed by atoms with E-state index in [4.69, 9.17) is 11.0 Å². The smallest absolute Gasteiger partial charge is 0.240 e. The minimum absolute atomic E-state index is 0.0969. The highest BCUT2D eigenvalue weighted by atomic mass is 32.2. The fourth-order valence-corrected chi connectivity index (χ4v) is 2.70. The molecule has 7 nitrogen and oxygen atoms in total. The molecule has 1 amide bonds. The summed E-state index contributed by atoms with van der Waals surface area (Å²) in [6.45, 7) is 0. The van der Waals surface area contributed by atoms with E-state index in [2.05, 4.69) is 10.7 Å². The highest BCUT2D eigenvalue weighted by Crippen LogP contribution is 2.23. The van der Waals surface area contributed by atoms with E-state index >= 15 is 0 Å². The molecular weight excluding hydrogens is 323 g/mol. The topological polar surface area (TPSA) is 127 Å². The lowest BCUT2D eigenvalue weighted by Crippen LogP contribution is -2.19. The van der Waals surface area contributed by atoms with Crippen LogP contribution in [0.5, 0.6) is 0 Å². The number of nitrogens with one attached hydrogen (secondary N) is 2. The minimum Gasteiger partial charge on any atom is -0.326 e. The first-order valence-electron chi connectivity index (χ1n) is 6.48. The van der Waals surface area contributed by atoms with E-state index in [9.17, 15) is 17.6 Å². The van der Waals surface area contributed by atoms with Gasteiger partial charge in [-0.25, -0.2) is 17.9 Å². The molecule has 2 rings (SSSR count). The maximum Gasteiger partial charge on any atom is 0.240 e. The standard InChI is InChI=1S/C14H15FN4O3S/c15-11-4-2-1-3-9(11)7-14(20)18-10-5-6-12(19-16)13(8-10)23(17,21)22/h1-6,8,19H,7,16H2,(H,18,20)(H2,17,21,22). The summed E-state index contributed by atoms with van der Waals surface area (Å²) in [6, 6.07) is 9.86. The average molecular weight is 338 g/mol. The van der Waals surface area contributed by atoms with Gasteiger partial charge in [-0.1, -0.05) is 18.2 Å². The third-order valence-corrected chi connectivity index (χ3v) is 3.99. The third-order valence-electron chi connectivity index (χ3n) is 3.04. The van der Waals surface area contributed by atoms with Gasteiger partial charge in [-0.2, -0.15) is 0 Å². The number of hydrazine groups is 1. The number of carbonyl (C=O) groups excluding carboxylic acids is 1. The van der Waals surface area contributed by atoms with Gasteiger partial charge in [0.25, 0.3) is 0 Å². The van der Waals surface area contributed by atoms with Crippen LogP contribution in [0.1, 0.15) is 5.56 Å². The molecule has 0 aliphatic carbocycles. The van der Waals surface area contributed by atoms with Crippen LogP contribution in [0, 0.1) is 5.82 Å². The first-order valence-corrected chi connectivity index (χ1v) is 8.02. The number of anilines is 2. The Morgan fingerprint density at radius 1 is 1.17 bits per heavy atom. The largest absolute Gasteiger partial charge is 0.326 e. The van der Waals surface area contributed by atoms with E-state index < -0.39 is 21.7 Å². The Morgan fingerprint density at radius 3 is 2.48 bits per heavy atom. The lowest BCUT2D eigenvalue weighted by molar-refractivity contribution is -0.115. The summed E-state index contributed by atoms with van der Waals surface area (Å²) in [5.74, 6) is 4.23. The molecule has 2 aromatic carbocycles. The number of hydrogen-bond donors (Lipinski definition) is 4. The number of rotatable bonds is 5.